The summed E-state index contributed by atoms with van der Waals surface area (Å²) >= 11 is 1.78. The van der Waals surface area contributed by atoms with Gasteiger partial charge in [0.15, 0.2) is 0 Å². The number of anilines is 3. The Morgan fingerprint density at radius 3 is 1.49 bits per heavy atom. The van der Waals surface area contributed by atoms with Gasteiger partial charge < -0.3 is 14.7 Å². The lowest BCUT2D eigenvalue weighted by Gasteiger charge is -2.37. The minimum Gasteiger partial charge on any atom is -0.427 e. The van der Waals surface area contributed by atoms with Crippen molar-refractivity contribution in [2.24, 2.45) is 0 Å². The molecular weight excluding hydrogens is 593 g/mol. The van der Waals surface area contributed by atoms with Gasteiger partial charge >= 0.3 is 7.48 Å². The maximum Gasteiger partial charge on any atom is 0.330 e. The highest BCUT2D eigenvalue weighted by Crippen LogP contribution is 2.41. The normalized spacial score (nSPS) is 12.0. The van der Waals surface area contributed by atoms with Crippen LogP contribution in [0, 0.1) is 0 Å². The molecule has 1 radical (unpaired) electrons. The van der Waals surface area contributed by atoms with E-state index in [-0.39, 0.29) is 0 Å². The highest BCUT2D eigenvalue weighted by Gasteiger charge is 2.35. The van der Waals surface area contributed by atoms with E-state index in [1.54, 1.807) is 32.7 Å². The molecule has 0 amide bonds. The summed E-state index contributed by atoms with van der Waals surface area (Å²) in [5.74, 6) is 0. The molecule has 0 aliphatic heterocycles. The molecule has 1 aromatic heterocycles. The van der Waals surface area contributed by atoms with E-state index in [9.17, 15) is 5.11 Å². The zero-order valence-corrected chi connectivity index (χ0v) is 28.0. The lowest BCUT2D eigenvalue weighted by Crippen LogP contribution is -2.49. The SMILES string of the molecule is CC(C)(O)C(C)(C)O[B]c1ccc2c(c1)sc1cc(N(c3ccc(-c4ccccc4)cc3)c3ccc(-c4ccccc4)cc3)ccc12. The summed E-state index contributed by atoms with van der Waals surface area (Å²) in [5.41, 5.74) is 7.36. The Hall–Kier alpha value is -4.68. The third-order valence-corrected chi connectivity index (χ3v) is 10.3. The summed E-state index contributed by atoms with van der Waals surface area (Å²) in [6, 6.07) is 51.8. The van der Waals surface area contributed by atoms with Crippen molar-refractivity contribution in [2.75, 3.05) is 4.90 Å². The Kier molecular flexibility index (Phi) is 8.23. The van der Waals surface area contributed by atoms with Gasteiger partial charge in [0.1, 0.15) is 0 Å². The fourth-order valence-electron chi connectivity index (χ4n) is 5.67. The number of rotatable bonds is 9. The quantitative estimate of drug-likeness (QED) is 0.161. The minimum atomic E-state index is -0.975. The molecule has 231 valence electrons. The van der Waals surface area contributed by atoms with Gasteiger partial charge in [0.25, 0.3) is 0 Å². The number of fused-ring (bicyclic) bond motifs is 3. The van der Waals surface area contributed by atoms with Gasteiger partial charge in [0, 0.05) is 37.2 Å². The number of aliphatic hydroxyl groups is 1. The number of benzene rings is 6. The van der Waals surface area contributed by atoms with Crippen LogP contribution < -0.4 is 10.4 Å². The maximum absolute atomic E-state index is 10.5. The first-order chi connectivity index (χ1) is 22.7. The van der Waals surface area contributed by atoms with Crippen LogP contribution in [0.25, 0.3) is 42.4 Å². The molecule has 6 aromatic carbocycles. The van der Waals surface area contributed by atoms with E-state index in [1.165, 1.54) is 42.4 Å². The Balaban J connectivity index is 1.26. The zero-order valence-electron chi connectivity index (χ0n) is 27.1. The van der Waals surface area contributed by atoms with Crippen molar-refractivity contribution >= 4 is 61.5 Å². The summed E-state index contributed by atoms with van der Waals surface area (Å²) in [6.45, 7) is 7.34. The van der Waals surface area contributed by atoms with Crippen LogP contribution in [-0.2, 0) is 4.65 Å². The van der Waals surface area contributed by atoms with E-state index in [0.717, 1.165) is 22.5 Å². The lowest BCUT2D eigenvalue weighted by molar-refractivity contribution is -0.0893. The monoisotopic (exact) mass is 630 g/mol. The Labute approximate surface area is 282 Å². The van der Waals surface area contributed by atoms with Crippen molar-refractivity contribution in [1.29, 1.82) is 0 Å². The molecule has 0 spiro atoms. The van der Waals surface area contributed by atoms with Gasteiger partial charge in [-0.25, -0.2) is 0 Å². The number of thiophene rings is 1. The fourth-order valence-corrected chi connectivity index (χ4v) is 6.86. The molecule has 1 N–H and O–H groups in total. The fraction of sp³-hybridized carbons (Fsp3) is 0.143. The van der Waals surface area contributed by atoms with Crippen molar-refractivity contribution in [1.82, 2.24) is 0 Å². The van der Waals surface area contributed by atoms with Crippen molar-refractivity contribution < 1.29 is 9.76 Å². The standard InChI is InChI=1S/C42H37BNO2S/c1-41(2,45)42(3,4)46-43-33-19-25-37-38-26-24-36(28-40(38)47-39(37)27-33)44(34-20-15-31(16-21-34)29-11-7-5-8-12-29)35-22-17-32(18-23-35)30-13-9-6-10-14-30/h5-28,45H,1-4H3. The molecule has 47 heavy (non-hydrogen) atoms. The average molecular weight is 631 g/mol. The van der Waals surface area contributed by atoms with Crippen molar-refractivity contribution in [3.8, 4) is 22.3 Å². The molecule has 7 rings (SSSR count). The number of hydrogen-bond acceptors (Lipinski definition) is 4. The van der Waals surface area contributed by atoms with Crippen LogP contribution in [0.5, 0.6) is 0 Å². The molecule has 0 aliphatic rings. The Morgan fingerprint density at radius 1 is 0.532 bits per heavy atom. The maximum atomic E-state index is 10.5. The van der Waals surface area contributed by atoms with Crippen LogP contribution in [-0.4, -0.2) is 23.8 Å². The second-order valence-corrected chi connectivity index (χ2v) is 14.1. The molecule has 7 aromatic rings. The number of nitrogens with zero attached hydrogens (tertiary/aromatic N) is 1. The summed E-state index contributed by atoms with van der Waals surface area (Å²) in [5, 5.41) is 13.0. The summed E-state index contributed by atoms with van der Waals surface area (Å²) in [6.07, 6.45) is 0. The van der Waals surface area contributed by atoms with Crippen LogP contribution >= 0.6 is 11.3 Å². The van der Waals surface area contributed by atoms with E-state index >= 15 is 0 Å². The molecule has 0 unspecified atom stereocenters. The predicted molar refractivity (Wildman–Crippen MR) is 202 cm³/mol. The highest BCUT2D eigenvalue weighted by atomic mass is 32.1. The molecule has 0 fully saturated rings. The minimum absolute atomic E-state index is 0.723. The third-order valence-electron chi connectivity index (χ3n) is 9.17. The molecule has 0 saturated carbocycles. The van der Waals surface area contributed by atoms with Gasteiger partial charge in [-0.05, 0) is 92.4 Å². The zero-order chi connectivity index (χ0) is 32.6. The highest BCUT2D eigenvalue weighted by molar-refractivity contribution is 7.25. The molecule has 1 heterocycles. The smallest absolute Gasteiger partial charge is 0.330 e. The first-order valence-corrected chi connectivity index (χ1v) is 16.8. The van der Waals surface area contributed by atoms with Crippen molar-refractivity contribution in [3.63, 3.8) is 0 Å². The number of hydrogen-bond donors (Lipinski definition) is 1. The van der Waals surface area contributed by atoms with Crippen LogP contribution in [0.4, 0.5) is 17.1 Å². The Bertz CT molecular complexity index is 2050. The van der Waals surface area contributed by atoms with Gasteiger partial charge in [-0.3, -0.25) is 0 Å². The van der Waals surface area contributed by atoms with Crippen LogP contribution in [0.2, 0.25) is 0 Å². The van der Waals surface area contributed by atoms with E-state index in [4.69, 9.17) is 4.65 Å². The van der Waals surface area contributed by atoms with Gasteiger partial charge in [-0.15, -0.1) is 11.3 Å². The van der Waals surface area contributed by atoms with Crippen LogP contribution in [0.3, 0.4) is 0 Å². The summed E-state index contributed by atoms with van der Waals surface area (Å²) < 4.78 is 8.46. The second kappa shape index (κ2) is 12.5. The van der Waals surface area contributed by atoms with Gasteiger partial charge in [-0.1, -0.05) is 109 Å². The third kappa shape index (κ3) is 6.35. The topological polar surface area (TPSA) is 32.7 Å². The van der Waals surface area contributed by atoms with Crippen molar-refractivity contribution in [2.45, 2.75) is 38.9 Å². The van der Waals surface area contributed by atoms with E-state index in [2.05, 4.69) is 138 Å². The molecule has 0 saturated heterocycles. The van der Waals surface area contributed by atoms with Crippen LogP contribution in [0.1, 0.15) is 27.7 Å². The summed E-state index contributed by atoms with van der Waals surface area (Å²) in [7, 11) is 1.76. The first-order valence-electron chi connectivity index (χ1n) is 16.0. The molecule has 3 nitrogen and oxygen atoms in total. The molecule has 0 aliphatic carbocycles. The molecule has 5 heteroatoms. The Morgan fingerprint density at radius 2 is 0.979 bits per heavy atom. The van der Waals surface area contributed by atoms with Crippen molar-refractivity contribution in [3.05, 3.63) is 146 Å². The van der Waals surface area contributed by atoms with E-state index < -0.39 is 11.2 Å². The van der Waals surface area contributed by atoms with E-state index in [1.807, 2.05) is 26.0 Å². The molecule has 0 bridgehead atoms. The average Bonchev–Trinajstić information content (AvgIpc) is 3.45. The second-order valence-electron chi connectivity index (χ2n) is 13.0. The van der Waals surface area contributed by atoms with Gasteiger partial charge in [-0.2, -0.15) is 0 Å². The van der Waals surface area contributed by atoms with Crippen LogP contribution in [0.15, 0.2) is 146 Å². The lowest BCUT2D eigenvalue weighted by atomic mass is 9.82. The predicted octanol–water partition coefficient (Wildman–Crippen LogP) is 10.7. The van der Waals surface area contributed by atoms with Gasteiger partial charge in [0.05, 0.1) is 11.2 Å². The molecule has 0 atom stereocenters. The van der Waals surface area contributed by atoms with E-state index in [0.29, 0.717) is 0 Å². The van der Waals surface area contributed by atoms with Gasteiger partial charge in [0.2, 0.25) is 0 Å². The largest absolute Gasteiger partial charge is 0.427 e. The first kappa shape index (κ1) is 31.0. The summed E-state index contributed by atoms with van der Waals surface area (Å²) in [4.78, 5) is 2.33. The molecular formula is C42H37BNO2S.